The molecule has 152 valence electrons. The molecule has 2 amide bonds. The summed E-state index contributed by atoms with van der Waals surface area (Å²) in [4.78, 5) is 30.6. The molecule has 2 aliphatic rings. The minimum absolute atomic E-state index is 0.113. The number of aliphatic imine (C=N–C) groups is 1. The van der Waals surface area contributed by atoms with Gasteiger partial charge in [0.25, 0.3) is 0 Å². The zero-order valence-corrected chi connectivity index (χ0v) is 17.1. The number of carbonyl (C=O) groups excluding carboxylic acids is 1. The molecule has 0 saturated carbocycles. The molecule has 2 aromatic rings. The van der Waals surface area contributed by atoms with Crippen LogP contribution in [0, 0.1) is 5.92 Å². The van der Waals surface area contributed by atoms with Gasteiger partial charge in [-0.1, -0.05) is 29.3 Å². The van der Waals surface area contributed by atoms with Gasteiger partial charge in [-0.15, -0.1) is 0 Å². The van der Waals surface area contributed by atoms with Gasteiger partial charge in [-0.2, -0.15) is 5.10 Å². The van der Waals surface area contributed by atoms with Crippen LogP contribution in [0.2, 0.25) is 10.0 Å². The molecule has 2 N–H and O–H groups in total. The van der Waals surface area contributed by atoms with Crippen LogP contribution in [0.4, 0.5) is 10.6 Å². The van der Waals surface area contributed by atoms with Crippen molar-refractivity contribution in [1.82, 2.24) is 20.0 Å². The fourth-order valence-electron chi connectivity index (χ4n) is 4.02. The van der Waals surface area contributed by atoms with Gasteiger partial charge in [-0.25, -0.2) is 14.5 Å². The Labute approximate surface area is 177 Å². The Bertz CT molecular complexity index is 1010. The smallest absolute Gasteiger partial charge is 0.404 e. The first-order valence-electron chi connectivity index (χ1n) is 9.17. The summed E-state index contributed by atoms with van der Waals surface area (Å²) in [6.45, 7) is 2.63. The van der Waals surface area contributed by atoms with Crippen molar-refractivity contribution < 1.29 is 14.7 Å². The highest BCUT2D eigenvalue weighted by Crippen LogP contribution is 2.39. The number of rotatable bonds is 3. The summed E-state index contributed by atoms with van der Waals surface area (Å²) in [6, 6.07) is 6.37. The van der Waals surface area contributed by atoms with Crippen LogP contribution in [0.25, 0.3) is 0 Å². The number of halogens is 2. The fraction of sp³-hybridized carbons (Fsp3) is 0.368. The number of nitrogens with zero attached hydrogens (tertiary/aromatic N) is 4. The minimum Gasteiger partial charge on any atom is -0.465 e. The van der Waals surface area contributed by atoms with Crippen LogP contribution in [-0.2, 0) is 4.79 Å². The molecule has 3 heterocycles. The van der Waals surface area contributed by atoms with E-state index in [2.05, 4.69) is 15.4 Å². The average Bonchev–Trinajstić information content (AvgIpc) is 3.31. The van der Waals surface area contributed by atoms with Crippen LogP contribution in [0.3, 0.4) is 0 Å². The highest BCUT2D eigenvalue weighted by atomic mass is 35.5. The lowest BCUT2D eigenvalue weighted by atomic mass is 9.87. The average molecular weight is 436 g/mol. The zero-order chi connectivity index (χ0) is 20.7. The molecule has 2 aliphatic heterocycles. The largest absolute Gasteiger partial charge is 0.465 e. The van der Waals surface area contributed by atoms with Gasteiger partial charge in [-0.3, -0.25) is 4.79 Å². The van der Waals surface area contributed by atoms with E-state index < -0.39 is 18.1 Å². The van der Waals surface area contributed by atoms with Crippen molar-refractivity contribution in [2.75, 3.05) is 13.1 Å². The number of hydrogen-bond acceptors (Lipinski definition) is 4. The summed E-state index contributed by atoms with van der Waals surface area (Å²) in [5, 5.41) is 16.6. The van der Waals surface area contributed by atoms with Crippen LogP contribution in [0.15, 0.2) is 35.5 Å². The van der Waals surface area contributed by atoms with Crippen molar-refractivity contribution in [2.24, 2.45) is 10.9 Å². The summed E-state index contributed by atoms with van der Waals surface area (Å²) < 4.78 is 1.72. The summed E-state index contributed by atoms with van der Waals surface area (Å²) >= 11 is 12.3. The Balaban J connectivity index is 1.69. The van der Waals surface area contributed by atoms with Gasteiger partial charge in [0.15, 0.2) is 5.82 Å². The summed E-state index contributed by atoms with van der Waals surface area (Å²) in [7, 11) is 0. The van der Waals surface area contributed by atoms with E-state index in [4.69, 9.17) is 28.3 Å². The van der Waals surface area contributed by atoms with Gasteiger partial charge in [0, 0.05) is 24.9 Å². The molecular weight excluding hydrogens is 417 g/mol. The SMILES string of the molecule is CC1=Nc2ccnn2C(c2ccc(Cl)c(Cl)c2)C1C(=O)N1CC[C@@H](NC(=O)O)C1. The van der Waals surface area contributed by atoms with Crippen molar-refractivity contribution in [2.45, 2.75) is 25.4 Å². The van der Waals surface area contributed by atoms with E-state index in [1.54, 1.807) is 34.0 Å². The van der Waals surface area contributed by atoms with Crippen molar-refractivity contribution in [1.29, 1.82) is 0 Å². The second kappa shape index (κ2) is 7.68. The Morgan fingerprint density at radius 2 is 2.03 bits per heavy atom. The highest BCUT2D eigenvalue weighted by molar-refractivity contribution is 6.42. The number of hydrogen-bond donors (Lipinski definition) is 2. The molecule has 0 bridgehead atoms. The number of carboxylic acid groups (broad SMARTS) is 1. The molecule has 0 spiro atoms. The first-order chi connectivity index (χ1) is 13.8. The third-order valence-electron chi connectivity index (χ3n) is 5.35. The lowest BCUT2D eigenvalue weighted by molar-refractivity contribution is -0.133. The van der Waals surface area contributed by atoms with Gasteiger partial charge in [0.2, 0.25) is 5.91 Å². The van der Waals surface area contributed by atoms with Gasteiger partial charge in [0.1, 0.15) is 5.92 Å². The molecule has 4 rings (SSSR count). The van der Waals surface area contributed by atoms with E-state index in [0.717, 1.165) is 5.56 Å². The quantitative estimate of drug-likeness (QED) is 0.771. The number of likely N-dealkylation sites (tertiary alicyclic amines) is 1. The minimum atomic E-state index is -1.09. The van der Waals surface area contributed by atoms with Crippen LogP contribution in [0.5, 0.6) is 0 Å². The van der Waals surface area contributed by atoms with Gasteiger partial charge < -0.3 is 15.3 Å². The summed E-state index contributed by atoms with van der Waals surface area (Å²) in [5.41, 5.74) is 1.48. The van der Waals surface area contributed by atoms with Crippen molar-refractivity contribution in [3.63, 3.8) is 0 Å². The second-order valence-corrected chi connectivity index (χ2v) is 8.02. The van der Waals surface area contributed by atoms with Gasteiger partial charge in [0.05, 0.1) is 28.3 Å². The van der Waals surface area contributed by atoms with Gasteiger partial charge >= 0.3 is 6.09 Å². The maximum atomic E-state index is 13.5. The monoisotopic (exact) mass is 435 g/mol. The zero-order valence-electron chi connectivity index (χ0n) is 15.5. The number of benzene rings is 1. The molecule has 8 nitrogen and oxygen atoms in total. The highest BCUT2D eigenvalue weighted by Gasteiger charge is 2.42. The van der Waals surface area contributed by atoms with Crippen LogP contribution in [-0.4, -0.2) is 56.6 Å². The van der Waals surface area contributed by atoms with Crippen molar-refractivity contribution in [3.8, 4) is 0 Å². The van der Waals surface area contributed by atoms with E-state index in [0.29, 0.717) is 41.1 Å². The Kier molecular flexibility index (Phi) is 5.23. The van der Waals surface area contributed by atoms with E-state index in [1.165, 1.54) is 0 Å². The van der Waals surface area contributed by atoms with Crippen molar-refractivity contribution >= 4 is 46.7 Å². The van der Waals surface area contributed by atoms with E-state index >= 15 is 0 Å². The third kappa shape index (κ3) is 3.70. The maximum absolute atomic E-state index is 13.5. The fourth-order valence-corrected chi connectivity index (χ4v) is 4.33. The number of aromatic nitrogens is 2. The van der Waals surface area contributed by atoms with Crippen LogP contribution < -0.4 is 5.32 Å². The Hall–Kier alpha value is -2.58. The normalized spacial score (nSPS) is 23.5. The lowest BCUT2D eigenvalue weighted by Gasteiger charge is -2.33. The standard InChI is InChI=1S/C19H19Cl2N5O3/c1-10-16(18(27)25-7-5-12(9-25)24-19(28)29)17(26-15(23-10)4-6-22-26)11-2-3-13(20)14(21)8-11/h2-4,6,8,12,16-17,24H,5,7,9H2,1H3,(H,28,29)/t12-,16?,17?/m1/s1. The molecule has 1 aromatic heterocycles. The lowest BCUT2D eigenvalue weighted by Crippen LogP contribution is -2.45. The first kappa shape index (κ1) is 19.7. The molecule has 10 heteroatoms. The number of nitrogens with one attached hydrogen (secondary N) is 1. The number of carbonyl (C=O) groups is 2. The third-order valence-corrected chi connectivity index (χ3v) is 6.09. The Morgan fingerprint density at radius 3 is 2.76 bits per heavy atom. The molecule has 0 radical (unpaired) electrons. The summed E-state index contributed by atoms with van der Waals surface area (Å²) in [6.07, 6.45) is 1.13. The predicted octanol–water partition coefficient (Wildman–Crippen LogP) is 3.37. The van der Waals surface area contributed by atoms with Gasteiger partial charge in [-0.05, 0) is 31.0 Å². The molecular formula is C19H19Cl2N5O3. The molecule has 3 atom stereocenters. The first-order valence-corrected chi connectivity index (χ1v) is 9.92. The van der Waals surface area contributed by atoms with Crippen LogP contribution >= 0.6 is 23.2 Å². The Morgan fingerprint density at radius 1 is 1.24 bits per heavy atom. The topological polar surface area (TPSA) is 99.8 Å². The molecule has 1 aromatic carbocycles. The molecule has 0 aliphatic carbocycles. The number of fused-ring (bicyclic) bond motifs is 1. The molecule has 1 saturated heterocycles. The molecule has 29 heavy (non-hydrogen) atoms. The molecule has 2 unspecified atom stereocenters. The van der Waals surface area contributed by atoms with E-state index in [9.17, 15) is 9.59 Å². The summed E-state index contributed by atoms with van der Waals surface area (Å²) in [5.74, 6) is -0.0316. The number of amides is 2. The van der Waals surface area contributed by atoms with E-state index in [-0.39, 0.29) is 11.9 Å². The second-order valence-electron chi connectivity index (χ2n) is 7.20. The maximum Gasteiger partial charge on any atom is 0.404 e. The van der Waals surface area contributed by atoms with Crippen molar-refractivity contribution in [3.05, 3.63) is 46.1 Å². The van der Waals surface area contributed by atoms with E-state index in [1.807, 2.05) is 13.0 Å². The van der Waals surface area contributed by atoms with Crippen LogP contribution in [0.1, 0.15) is 24.9 Å². The molecule has 1 fully saturated rings. The predicted molar refractivity (Wildman–Crippen MR) is 109 cm³/mol.